The van der Waals surface area contributed by atoms with Crippen LogP contribution in [0.5, 0.6) is 5.75 Å². The van der Waals surface area contributed by atoms with Crippen molar-refractivity contribution in [3.63, 3.8) is 0 Å². The first-order valence-corrected chi connectivity index (χ1v) is 10.0. The number of hydrogen-bond donors (Lipinski definition) is 0. The molecule has 4 aromatic rings. The van der Waals surface area contributed by atoms with Gasteiger partial charge < -0.3 is 4.74 Å². The number of rotatable bonds is 5. The lowest BCUT2D eigenvalue weighted by Gasteiger charge is -2.13. The van der Waals surface area contributed by atoms with Gasteiger partial charge in [-0.25, -0.2) is 9.67 Å². The van der Waals surface area contributed by atoms with Gasteiger partial charge in [0.2, 0.25) is 0 Å². The minimum absolute atomic E-state index is 0.300. The lowest BCUT2D eigenvalue weighted by Crippen LogP contribution is -2.31. The van der Waals surface area contributed by atoms with Crippen LogP contribution in [-0.4, -0.2) is 45.1 Å². The highest BCUT2D eigenvalue weighted by Crippen LogP contribution is 2.33. The molecule has 5 rings (SSSR count). The summed E-state index contributed by atoms with van der Waals surface area (Å²) in [6, 6.07) is 17.3. The molecule has 0 fully saturated rings. The molecule has 7 nitrogen and oxygen atoms in total. The van der Waals surface area contributed by atoms with Gasteiger partial charge in [-0.15, -0.1) is 0 Å². The molecule has 0 unspecified atom stereocenters. The highest BCUT2D eigenvalue weighted by Gasteiger charge is 2.38. The van der Waals surface area contributed by atoms with E-state index in [-0.39, 0.29) is 11.8 Å². The summed E-state index contributed by atoms with van der Waals surface area (Å²) in [5.74, 6) is 0.0295. The van der Waals surface area contributed by atoms with Gasteiger partial charge in [-0.1, -0.05) is 42.5 Å². The van der Waals surface area contributed by atoms with Gasteiger partial charge in [0, 0.05) is 12.7 Å². The molecule has 1 aliphatic rings. The van der Waals surface area contributed by atoms with Crippen LogP contribution >= 0.6 is 0 Å². The van der Waals surface area contributed by atoms with Crippen LogP contribution in [0.25, 0.3) is 16.7 Å². The molecule has 0 N–H and O–H groups in total. The number of hydrogen-bond acceptors (Lipinski definition) is 5. The van der Waals surface area contributed by atoms with Crippen molar-refractivity contribution in [1.29, 1.82) is 0 Å². The number of benzene rings is 2. The molecule has 2 amide bonds. The molecule has 154 valence electrons. The first kappa shape index (κ1) is 19.0. The fourth-order valence-corrected chi connectivity index (χ4v) is 4.07. The largest absolute Gasteiger partial charge is 0.494 e. The number of fused-ring (bicyclic) bond motifs is 3. The number of imide groups is 1. The number of para-hydroxylation sites is 2. The molecule has 7 heteroatoms. The van der Waals surface area contributed by atoms with Crippen molar-refractivity contribution in [2.45, 2.75) is 13.3 Å². The number of ether oxygens (including phenoxy) is 1. The van der Waals surface area contributed by atoms with Gasteiger partial charge >= 0.3 is 0 Å². The summed E-state index contributed by atoms with van der Waals surface area (Å²) >= 11 is 0. The molecule has 0 saturated heterocycles. The molecule has 0 atom stereocenters. The van der Waals surface area contributed by atoms with Crippen molar-refractivity contribution < 1.29 is 14.3 Å². The van der Waals surface area contributed by atoms with Gasteiger partial charge in [0.1, 0.15) is 11.4 Å². The van der Waals surface area contributed by atoms with E-state index in [1.807, 2.05) is 61.5 Å². The van der Waals surface area contributed by atoms with Crippen molar-refractivity contribution in [2.75, 3.05) is 13.7 Å². The molecule has 1 aliphatic heterocycles. The Morgan fingerprint density at radius 2 is 1.71 bits per heavy atom. The fraction of sp³-hybridized carbons (Fsp3) is 0.167. The van der Waals surface area contributed by atoms with Crippen molar-refractivity contribution in [3.8, 4) is 11.4 Å². The predicted molar refractivity (Wildman–Crippen MR) is 116 cm³/mol. The lowest BCUT2D eigenvalue weighted by molar-refractivity contribution is 0.0656. The van der Waals surface area contributed by atoms with E-state index in [0.717, 1.165) is 5.56 Å². The summed E-state index contributed by atoms with van der Waals surface area (Å²) in [6.07, 6.45) is 2.08. The van der Waals surface area contributed by atoms with Crippen molar-refractivity contribution in [3.05, 3.63) is 83.2 Å². The summed E-state index contributed by atoms with van der Waals surface area (Å²) in [5.41, 5.74) is 3.65. The van der Waals surface area contributed by atoms with E-state index in [1.54, 1.807) is 11.8 Å². The third kappa shape index (κ3) is 2.97. The zero-order valence-corrected chi connectivity index (χ0v) is 17.2. The third-order valence-corrected chi connectivity index (χ3v) is 5.59. The topological polar surface area (TPSA) is 77.3 Å². The number of pyridine rings is 1. The summed E-state index contributed by atoms with van der Waals surface area (Å²) in [7, 11) is 1.59. The maximum atomic E-state index is 13.3. The van der Waals surface area contributed by atoms with Gasteiger partial charge in [0.25, 0.3) is 11.8 Å². The summed E-state index contributed by atoms with van der Waals surface area (Å²) < 4.78 is 7.12. The molecule has 3 heterocycles. The van der Waals surface area contributed by atoms with E-state index in [4.69, 9.17) is 4.74 Å². The van der Waals surface area contributed by atoms with Crippen molar-refractivity contribution >= 4 is 22.8 Å². The molecule has 31 heavy (non-hydrogen) atoms. The molecular weight excluding hydrogens is 392 g/mol. The van der Waals surface area contributed by atoms with Crippen LogP contribution in [0.3, 0.4) is 0 Å². The standard InChI is InChI=1S/C24H20N4O3/c1-15-20-21-17(23(29)27(24(21)30)13-12-16-8-4-3-5-9-16)14-25-22(20)28(26-15)18-10-6-7-11-19(18)31-2/h3-11,14H,12-13H2,1-2H3. The Hall–Kier alpha value is -4.00. The lowest BCUT2D eigenvalue weighted by atomic mass is 10.1. The molecule has 0 aliphatic carbocycles. The fourth-order valence-electron chi connectivity index (χ4n) is 4.07. The number of aromatic nitrogens is 3. The van der Waals surface area contributed by atoms with Crippen LogP contribution in [0.1, 0.15) is 32.0 Å². The van der Waals surface area contributed by atoms with Gasteiger partial charge in [0.05, 0.1) is 29.3 Å². The smallest absolute Gasteiger partial charge is 0.263 e. The van der Waals surface area contributed by atoms with E-state index < -0.39 is 0 Å². The van der Waals surface area contributed by atoms with E-state index >= 15 is 0 Å². The van der Waals surface area contributed by atoms with Gasteiger partial charge in [0.15, 0.2) is 5.65 Å². The van der Waals surface area contributed by atoms with E-state index in [9.17, 15) is 9.59 Å². The minimum Gasteiger partial charge on any atom is -0.494 e. The summed E-state index contributed by atoms with van der Waals surface area (Å²) in [4.78, 5) is 32.1. The second-order valence-corrected chi connectivity index (χ2v) is 7.41. The average molecular weight is 412 g/mol. The third-order valence-electron chi connectivity index (χ3n) is 5.59. The van der Waals surface area contributed by atoms with Crippen LogP contribution < -0.4 is 4.74 Å². The van der Waals surface area contributed by atoms with E-state index in [2.05, 4.69) is 10.1 Å². The second kappa shape index (κ2) is 7.36. The second-order valence-electron chi connectivity index (χ2n) is 7.41. The zero-order valence-electron chi connectivity index (χ0n) is 17.2. The van der Waals surface area contributed by atoms with Gasteiger partial charge in [-0.05, 0) is 31.0 Å². The summed E-state index contributed by atoms with van der Waals surface area (Å²) in [6.45, 7) is 2.14. The van der Waals surface area contributed by atoms with E-state index in [1.165, 1.54) is 11.1 Å². The molecular formula is C24H20N4O3. The van der Waals surface area contributed by atoms with Crippen LogP contribution in [0.4, 0.5) is 0 Å². The average Bonchev–Trinajstić information content (AvgIpc) is 3.26. The number of nitrogens with zero attached hydrogens (tertiary/aromatic N) is 4. The van der Waals surface area contributed by atoms with Crippen LogP contribution in [0.2, 0.25) is 0 Å². The molecule has 2 aromatic carbocycles. The predicted octanol–water partition coefficient (Wildman–Crippen LogP) is 3.58. The first-order chi connectivity index (χ1) is 15.1. The molecule has 0 radical (unpaired) electrons. The normalized spacial score (nSPS) is 13.2. The number of methoxy groups -OCH3 is 1. The number of carbonyl (C=O) groups is 2. The van der Waals surface area contributed by atoms with Crippen molar-refractivity contribution in [1.82, 2.24) is 19.7 Å². The number of aryl methyl sites for hydroxylation is 1. The van der Waals surface area contributed by atoms with Crippen LogP contribution in [0, 0.1) is 6.92 Å². The van der Waals surface area contributed by atoms with Gasteiger partial charge in [-0.3, -0.25) is 14.5 Å². The SMILES string of the molecule is COc1ccccc1-n1nc(C)c2c3c(cnc21)C(=O)N(CCc1ccccc1)C3=O. The Morgan fingerprint density at radius 1 is 0.968 bits per heavy atom. The quantitative estimate of drug-likeness (QED) is 0.468. The monoisotopic (exact) mass is 412 g/mol. The Kier molecular flexibility index (Phi) is 4.51. The van der Waals surface area contributed by atoms with E-state index in [0.29, 0.717) is 52.3 Å². The number of amides is 2. The Labute approximate surface area is 178 Å². The van der Waals surface area contributed by atoms with Gasteiger partial charge in [-0.2, -0.15) is 5.10 Å². The maximum absolute atomic E-state index is 13.3. The Balaban J connectivity index is 1.58. The highest BCUT2D eigenvalue weighted by atomic mass is 16.5. The Morgan fingerprint density at radius 3 is 2.48 bits per heavy atom. The highest BCUT2D eigenvalue weighted by molar-refractivity contribution is 6.26. The van der Waals surface area contributed by atoms with Crippen LogP contribution in [-0.2, 0) is 6.42 Å². The zero-order chi connectivity index (χ0) is 21.5. The Bertz CT molecular complexity index is 1330. The number of carbonyl (C=O) groups excluding carboxylic acids is 2. The minimum atomic E-state index is -0.310. The molecule has 0 spiro atoms. The van der Waals surface area contributed by atoms with Crippen molar-refractivity contribution in [2.24, 2.45) is 0 Å². The molecule has 0 bridgehead atoms. The molecule has 2 aromatic heterocycles. The maximum Gasteiger partial charge on any atom is 0.263 e. The van der Waals surface area contributed by atoms with Crippen LogP contribution in [0.15, 0.2) is 60.8 Å². The first-order valence-electron chi connectivity index (χ1n) is 10.0. The summed E-state index contributed by atoms with van der Waals surface area (Å²) in [5, 5.41) is 5.22. The molecule has 0 saturated carbocycles.